The number of urea groups is 1. The van der Waals surface area contributed by atoms with Crippen molar-refractivity contribution in [2.75, 3.05) is 67.6 Å². The second-order valence-corrected chi connectivity index (χ2v) is 10.7. The molecule has 4 heterocycles. The molecule has 2 atom stereocenters. The molecule has 0 bridgehead atoms. The van der Waals surface area contributed by atoms with Gasteiger partial charge in [0.05, 0.1) is 26.3 Å². The molecule has 40 heavy (non-hydrogen) atoms. The zero-order chi connectivity index (χ0) is 28.7. The third-order valence-corrected chi connectivity index (χ3v) is 7.63. The second kappa shape index (κ2) is 11.0. The summed E-state index contributed by atoms with van der Waals surface area (Å²) in [6, 6.07) is 8.35. The first kappa shape index (κ1) is 28.3. The molecule has 2 N–H and O–H groups in total. The standard InChI is InChI=1S/C27H32F5N5O3/c1-17-2-3-20(33-25(39)36-5-4-18(14-36)13-27(30,31)32)12-21(17)19-10-23(35-6-8-40-9-7-35)34-24(11-19)37-15-22(38)26(28,29)16-37/h2-3,10-12,18,22,38H,4-9,13-16H2,1H3,(H,33,39). The number of nitrogens with zero attached hydrogens (tertiary/aromatic N) is 4. The number of benzene rings is 1. The van der Waals surface area contributed by atoms with Crippen LogP contribution in [0.5, 0.6) is 0 Å². The summed E-state index contributed by atoms with van der Waals surface area (Å²) in [7, 11) is 0. The smallest absolute Gasteiger partial charge is 0.385 e. The number of anilines is 3. The molecule has 218 valence electrons. The first-order valence-electron chi connectivity index (χ1n) is 13.3. The van der Waals surface area contributed by atoms with Crippen LogP contribution in [0.4, 0.5) is 44.1 Å². The number of carbonyl (C=O) groups is 1. The van der Waals surface area contributed by atoms with Crippen LogP contribution >= 0.6 is 0 Å². The lowest BCUT2D eigenvalue weighted by molar-refractivity contribution is -0.143. The van der Waals surface area contributed by atoms with Gasteiger partial charge in [0.1, 0.15) is 17.7 Å². The lowest BCUT2D eigenvalue weighted by Crippen LogP contribution is -2.37. The lowest BCUT2D eigenvalue weighted by Gasteiger charge is -2.29. The fourth-order valence-electron chi connectivity index (χ4n) is 5.44. The van der Waals surface area contributed by atoms with Crippen molar-refractivity contribution in [3.05, 3.63) is 35.9 Å². The van der Waals surface area contributed by atoms with Gasteiger partial charge in [-0.2, -0.15) is 13.2 Å². The van der Waals surface area contributed by atoms with E-state index in [2.05, 4.69) is 10.3 Å². The molecule has 1 aromatic carbocycles. The SMILES string of the molecule is Cc1ccc(NC(=O)N2CCC(CC(F)(F)F)C2)cc1-c1cc(N2CCOCC2)nc(N2CC(O)C(F)(F)C2)c1. The number of aromatic nitrogens is 1. The van der Waals surface area contributed by atoms with Crippen molar-refractivity contribution < 1.29 is 36.6 Å². The van der Waals surface area contributed by atoms with E-state index < -0.39 is 43.1 Å². The highest BCUT2D eigenvalue weighted by Crippen LogP contribution is 2.36. The normalized spacial score (nSPS) is 23.1. The second-order valence-electron chi connectivity index (χ2n) is 10.7. The van der Waals surface area contributed by atoms with E-state index in [1.807, 2.05) is 24.0 Å². The molecule has 2 aromatic rings. The maximum atomic E-state index is 14.2. The van der Waals surface area contributed by atoms with E-state index in [9.17, 15) is 31.9 Å². The largest absolute Gasteiger partial charge is 0.389 e. The van der Waals surface area contributed by atoms with Gasteiger partial charge in [0.15, 0.2) is 0 Å². The monoisotopic (exact) mass is 569 g/mol. The average molecular weight is 570 g/mol. The molecule has 3 aliphatic rings. The zero-order valence-electron chi connectivity index (χ0n) is 22.1. The quantitative estimate of drug-likeness (QED) is 0.516. The minimum Gasteiger partial charge on any atom is -0.385 e. The number of hydrogen-bond donors (Lipinski definition) is 2. The molecule has 0 spiro atoms. The summed E-state index contributed by atoms with van der Waals surface area (Å²) in [4.78, 5) is 22.2. The van der Waals surface area contributed by atoms with Crippen molar-refractivity contribution in [3.63, 3.8) is 0 Å². The molecule has 8 nitrogen and oxygen atoms in total. The van der Waals surface area contributed by atoms with Crippen molar-refractivity contribution in [1.29, 1.82) is 0 Å². The molecule has 5 rings (SSSR count). The van der Waals surface area contributed by atoms with Gasteiger partial charge < -0.3 is 29.9 Å². The van der Waals surface area contributed by atoms with Crippen LogP contribution in [0.3, 0.4) is 0 Å². The van der Waals surface area contributed by atoms with E-state index >= 15 is 0 Å². The number of aryl methyl sites for hydroxylation is 1. The molecular formula is C27H32F5N5O3. The molecule has 0 saturated carbocycles. The third kappa shape index (κ3) is 6.41. The van der Waals surface area contributed by atoms with Crippen LogP contribution in [-0.4, -0.2) is 91.7 Å². The van der Waals surface area contributed by atoms with E-state index in [4.69, 9.17) is 4.74 Å². The Kier molecular flexibility index (Phi) is 7.79. The van der Waals surface area contributed by atoms with Gasteiger partial charge in [0, 0.05) is 38.3 Å². The maximum Gasteiger partial charge on any atom is 0.389 e. The Labute approximate surface area is 228 Å². The van der Waals surface area contributed by atoms with Gasteiger partial charge >= 0.3 is 12.2 Å². The first-order chi connectivity index (χ1) is 18.9. The predicted octanol–water partition coefficient (Wildman–Crippen LogP) is 4.52. The van der Waals surface area contributed by atoms with Crippen LogP contribution in [-0.2, 0) is 4.74 Å². The molecule has 0 radical (unpaired) electrons. The van der Waals surface area contributed by atoms with Gasteiger partial charge in [0.25, 0.3) is 5.92 Å². The van der Waals surface area contributed by atoms with Crippen molar-refractivity contribution in [2.45, 2.75) is 38.0 Å². The topological polar surface area (TPSA) is 81.2 Å². The first-order valence-corrected chi connectivity index (χ1v) is 13.3. The summed E-state index contributed by atoms with van der Waals surface area (Å²) in [6.07, 6.45) is -6.69. The number of ether oxygens (including phenoxy) is 1. The van der Waals surface area contributed by atoms with Crippen molar-refractivity contribution in [2.24, 2.45) is 5.92 Å². The molecule has 2 amide bonds. The lowest BCUT2D eigenvalue weighted by atomic mass is 10.00. The molecule has 13 heteroatoms. The van der Waals surface area contributed by atoms with Crippen LogP contribution in [0.2, 0.25) is 0 Å². The predicted molar refractivity (Wildman–Crippen MR) is 140 cm³/mol. The molecule has 3 saturated heterocycles. The summed E-state index contributed by atoms with van der Waals surface area (Å²) in [5.41, 5.74) is 2.75. The Balaban J connectivity index is 1.40. The number of amides is 2. The van der Waals surface area contributed by atoms with Crippen LogP contribution in [0, 0.1) is 12.8 Å². The van der Waals surface area contributed by atoms with Gasteiger partial charge in [0.2, 0.25) is 0 Å². The summed E-state index contributed by atoms with van der Waals surface area (Å²) in [5, 5.41) is 12.7. The van der Waals surface area contributed by atoms with Crippen LogP contribution in [0.1, 0.15) is 18.4 Å². The minimum absolute atomic E-state index is 0.0347. The number of carbonyl (C=O) groups excluding carboxylic acids is 1. The van der Waals surface area contributed by atoms with E-state index in [-0.39, 0.29) is 19.6 Å². The number of pyridine rings is 1. The Morgan fingerprint density at radius 3 is 2.45 bits per heavy atom. The zero-order valence-corrected chi connectivity index (χ0v) is 22.1. The number of hydrogen-bond acceptors (Lipinski definition) is 6. The summed E-state index contributed by atoms with van der Waals surface area (Å²) in [6.45, 7) is 3.40. The van der Waals surface area contributed by atoms with Gasteiger partial charge in [-0.05, 0) is 60.2 Å². The number of alkyl halides is 5. The molecule has 2 unspecified atom stereocenters. The minimum atomic E-state index is -4.27. The molecule has 1 aromatic heterocycles. The highest BCUT2D eigenvalue weighted by molar-refractivity contribution is 5.91. The summed E-state index contributed by atoms with van der Waals surface area (Å²) < 4.78 is 72.1. The van der Waals surface area contributed by atoms with E-state index in [0.29, 0.717) is 55.6 Å². The number of nitrogens with one attached hydrogen (secondary N) is 1. The molecule has 3 fully saturated rings. The van der Waals surface area contributed by atoms with E-state index in [1.54, 1.807) is 18.2 Å². The van der Waals surface area contributed by atoms with Crippen molar-refractivity contribution in [3.8, 4) is 11.1 Å². The number of morpholine rings is 1. The highest BCUT2D eigenvalue weighted by atomic mass is 19.4. The molecular weight excluding hydrogens is 537 g/mol. The van der Waals surface area contributed by atoms with Gasteiger partial charge in [-0.3, -0.25) is 0 Å². The number of β-amino-alcohol motifs (C(OH)–C–C–N with tert-alkyl or cyclic N) is 1. The van der Waals surface area contributed by atoms with Crippen LogP contribution in [0.15, 0.2) is 30.3 Å². The number of aliphatic hydroxyl groups is 1. The Morgan fingerprint density at radius 1 is 1.10 bits per heavy atom. The van der Waals surface area contributed by atoms with E-state index in [0.717, 1.165) is 11.1 Å². The maximum absolute atomic E-state index is 14.2. The van der Waals surface area contributed by atoms with Gasteiger partial charge in [-0.1, -0.05) is 6.07 Å². The van der Waals surface area contributed by atoms with Crippen LogP contribution < -0.4 is 15.1 Å². The van der Waals surface area contributed by atoms with Crippen molar-refractivity contribution >= 4 is 23.4 Å². The highest BCUT2D eigenvalue weighted by Gasteiger charge is 2.47. The Hall–Kier alpha value is -3.19. The van der Waals surface area contributed by atoms with Gasteiger partial charge in [-0.15, -0.1) is 0 Å². The number of likely N-dealkylation sites (tertiary alicyclic amines) is 1. The third-order valence-electron chi connectivity index (χ3n) is 7.63. The van der Waals surface area contributed by atoms with E-state index in [1.165, 1.54) is 9.80 Å². The van der Waals surface area contributed by atoms with Crippen molar-refractivity contribution in [1.82, 2.24) is 9.88 Å². The fraction of sp³-hybridized carbons (Fsp3) is 0.556. The Morgan fingerprint density at radius 2 is 1.80 bits per heavy atom. The fourth-order valence-corrected chi connectivity index (χ4v) is 5.44. The number of rotatable bonds is 5. The number of aliphatic hydroxyl groups excluding tert-OH is 1. The summed E-state index contributed by atoms with van der Waals surface area (Å²) in [5.74, 6) is -2.99. The number of halogens is 5. The van der Waals surface area contributed by atoms with Crippen LogP contribution in [0.25, 0.3) is 11.1 Å². The Bertz CT molecular complexity index is 1240. The summed E-state index contributed by atoms with van der Waals surface area (Å²) >= 11 is 0. The average Bonchev–Trinajstić information content (AvgIpc) is 3.47. The van der Waals surface area contributed by atoms with Gasteiger partial charge in [-0.25, -0.2) is 18.6 Å². The molecule has 3 aliphatic heterocycles. The molecule has 0 aliphatic carbocycles.